The Hall–Kier alpha value is -3.34. The SMILES string of the molecule is C[C@H](C(=O)NCCn1nnn(-c2cccs2)c1=O)n1nnc2ccccc21. The van der Waals surface area contributed by atoms with E-state index >= 15 is 0 Å². The molecule has 138 valence electrons. The summed E-state index contributed by atoms with van der Waals surface area (Å²) in [5.41, 5.74) is 1.17. The fourth-order valence-electron chi connectivity index (χ4n) is 2.66. The second-order valence-electron chi connectivity index (χ2n) is 5.84. The fourth-order valence-corrected chi connectivity index (χ4v) is 3.33. The zero-order chi connectivity index (χ0) is 18.8. The van der Waals surface area contributed by atoms with Crippen molar-refractivity contribution in [3.63, 3.8) is 0 Å². The van der Waals surface area contributed by atoms with Gasteiger partial charge in [0.1, 0.15) is 16.6 Å². The maximum Gasteiger partial charge on any atom is 0.369 e. The van der Waals surface area contributed by atoms with Crippen molar-refractivity contribution in [3.05, 3.63) is 52.3 Å². The number of benzene rings is 1. The summed E-state index contributed by atoms with van der Waals surface area (Å²) >= 11 is 1.40. The summed E-state index contributed by atoms with van der Waals surface area (Å²) in [6.07, 6.45) is 0. The van der Waals surface area contributed by atoms with Crippen LogP contribution >= 0.6 is 11.3 Å². The number of tetrazole rings is 1. The van der Waals surface area contributed by atoms with E-state index in [-0.39, 0.29) is 24.7 Å². The number of para-hydroxylation sites is 1. The van der Waals surface area contributed by atoms with Crippen molar-refractivity contribution in [2.45, 2.75) is 19.5 Å². The van der Waals surface area contributed by atoms with Crippen LogP contribution in [0.2, 0.25) is 0 Å². The van der Waals surface area contributed by atoms with Gasteiger partial charge in [-0.1, -0.05) is 17.3 Å². The molecular formula is C16H16N8O2S. The number of rotatable bonds is 6. The lowest BCUT2D eigenvalue weighted by atomic mass is 10.2. The molecule has 0 saturated heterocycles. The molecule has 3 heterocycles. The summed E-state index contributed by atoms with van der Waals surface area (Å²) in [5.74, 6) is -0.218. The minimum absolute atomic E-state index is 0.218. The van der Waals surface area contributed by atoms with Gasteiger partial charge in [0.2, 0.25) is 5.91 Å². The first-order valence-electron chi connectivity index (χ1n) is 8.29. The average molecular weight is 384 g/mol. The lowest BCUT2D eigenvalue weighted by molar-refractivity contribution is -0.124. The molecule has 0 aliphatic rings. The minimum Gasteiger partial charge on any atom is -0.352 e. The zero-order valence-corrected chi connectivity index (χ0v) is 15.2. The van der Waals surface area contributed by atoms with Gasteiger partial charge in [0, 0.05) is 6.54 Å². The van der Waals surface area contributed by atoms with Crippen molar-refractivity contribution in [1.29, 1.82) is 0 Å². The third-order valence-electron chi connectivity index (χ3n) is 4.10. The molecule has 4 aromatic rings. The van der Waals surface area contributed by atoms with E-state index in [1.807, 2.05) is 35.7 Å². The summed E-state index contributed by atoms with van der Waals surface area (Å²) in [6.45, 7) is 2.22. The maximum atomic E-state index is 12.4. The van der Waals surface area contributed by atoms with Crippen LogP contribution in [0.5, 0.6) is 0 Å². The molecule has 4 rings (SSSR count). The van der Waals surface area contributed by atoms with Crippen LogP contribution in [0.4, 0.5) is 0 Å². The van der Waals surface area contributed by atoms with E-state index in [2.05, 4.69) is 26.1 Å². The number of fused-ring (bicyclic) bond motifs is 1. The standard InChI is InChI=1S/C16H16N8O2S/c1-11(23-13-6-3-2-5-12(13)18-19-23)15(25)17-8-9-22-16(26)24(21-20-22)14-7-4-10-27-14/h2-7,10-11H,8-9H2,1H3,(H,17,25)/t11-/m1/s1. The van der Waals surface area contributed by atoms with Crippen LogP contribution < -0.4 is 11.0 Å². The Labute approximate surface area is 157 Å². The third kappa shape index (κ3) is 3.24. The number of hydrogen-bond acceptors (Lipinski definition) is 7. The van der Waals surface area contributed by atoms with Crippen LogP contribution in [0.1, 0.15) is 13.0 Å². The number of thiophene rings is 1. The molecule has 1 N–H and O–H groups in total. The number of nitrogens with zero attached hydrogens (tertiary/aromatic N) is 7. The van der Waals surface area contributed by atoms with Gasteiger partial charge in [-0.3, -0.25) is 4.79 Å². The average Bonchev–Trinajstić information content (AvgIpc) is 3.41. The quantitative estimate of drug-likeness (QED) is 0.521. The number of carbonyl (C=O) groups is 1. The van der Waals surface area contributed by atoms with Gasteiger partial charge in [0.15, 0.2) is 0 Å². The predicted molar refractivity (Wildman–Crippen MR) is 98.7 cm³/mol. The summed E-state index contributed by atoms with van der Waals surface area (Å²) in [5, 5.41) is 21.2. The highest BCUT2D eigenvalue weighted by atomic mass is 32.1. The molecule has 0 radical (unpaired) electrons. The molecule has 1 aromatic carbocycles. The molecule has 11 heteroatoms. The molecule has 0 fully saturated rings. The van der Waals surface area contributed by atoms with Crippen molar-refractivity contribution in [1.82, 2.24) is 40.1 Å². The minimum atomic E-state index is -0.532. The van der Waals surface area contributed by atoms with E-state index in [1.165, 1.54) is 20.7 Å². The first-order chi connectivity index (χ1) is 13.1. The highest BCUT2D eigenvalue weighted by molar-refractivity contribution is 7.12. The summed E-state index contributed by atoms with van der Waals surface area (Å²) in [6, 6.07) is 10.5. The first kappa shape index (κ1) is 17.1. The first-order valence-corrected chi connectivity index (χ1v) is 9.17. The highest BCUT2D eigenvalue weighted by Gasteiger charge is 2.18. The second kappa shape index (κ2) is 7.11. The van der Waals surface area contributed by atoms with Gasteiger partial charge in [-0.05, 0) is 47.0 Å². The summed E-state index contributed by atoms with van der Waals surface area (Å²) < 4.78 is 4.02. The van der Waals surface area contributed by atoms with Gasteiger partial charge >= 0.3 is 5.69 Å². The van der Waals surface area contributed by atoms with Crippen molar-refractivity contribution in [2.75, 3.05) is 6.54 Å². The van der Waals surface area contributed by atoms with E-state index in [1.54, 1.807) is 17.7 Å². The van der Waals surface area contributed by atoms with Crippen LogP contribution in [0.25, 0.3) is 16.0 Å². The molecule has 1 amide bonds. The second-order valence-corrected chi connectivity index (χ2v) is 6.76. The molecule has 0 spiro atoms. The van der Waals surface area contributed by atoms with Crippen molar-refractivity contribution in [3.8, 4) is 5.00 Å². The van der Waals surface area contributed by atoms with E-state index in [0.29, 0.717) is 5.00 Å². The van der Waals surface area contributed by atoms with Crippen LogP contribution in [-0.2, 0) is 11.3 Å². The lowest BCUT2D eigenvalue weighted by Crippen LogP contribution is -2.35. The van der Waals surface area contributed by atoms with Crippen LogP contribution in [0.15, 0.2) is 46.6 Å². The topological polar surface area (TPSA) is 113 Å². The largest absolute Gasteiger partial charge is 0.369 e. The summed E-state index contributed by atoms with van der Waals surface area (Å²) in [4.78, 5) is 24.7. The van der Waals surface area contributed by atoms with E-state index < -0.39 is 6.04 Å². The zero-order valence-electron chi connectivity index (χ0n) is 14.4. The Morgan fingerprint density at radius 1 is 1.19 bits per heavy atom. The van der Waals surface area contributed by atoms with Crippen molar-refractivity contribution >= 4 is 28.3 Å². The molecule has 3 aromatic heterocycles. The number of carbonyl (C=O) groups excluding carboxylic acids is 1. The molecule has 10 nitrogen and oxygen atoms in total. The molecular weight excluding hydrogens is 368 g/mol. The number of nitrogens with one attached hydrogen (secondary N) is 1. The third-order valence-corrected chi connectivity index (χ3v) is 4.94. The van der Waals surface area contributed by atoms with Crippen LogP contribution in [0.3, 0.4) is 0 Å². The lowest BCUT2D eigenvalue weighted by Gasteiger charge is -2.12. The monoisotopic (exact) mass is 384 g/mol. The smallest absolute Gasteiger partial charge is 0.352 e. The molecule has 0 aliphatic heterocycles. The van der Waals surface area contributed by atoms with Crippen LogP contribution in [0, 0.1) is 0 Å². The predicted octanol–water partition coefficient (Wildman–Crippen LogP) is 0.613. The van der Waals surface area contributed by atoms with Gasteiger partial charge < -0.3 is 5.32 Å². The number of hydrogen-bond donors (Lipinski definition) is 1. The maximum absolute atomic E-state index is 12.4. The van der Waals surface area contributed by atoms with Gasteiger partial charge in [0.25, 0.3) is 0 Å². The highest BCUT2D eigenvalue weighted by Crippen LogP contribution is 2.15. The Kier molecular flexibility index (Phi) is 4.50. The number of amides is 1. The van der Waals surface area contributed by atoms with Gasteiger partial charge in [-0.15, -0.1) is 16.4 Å². The normalized spacial score (nSPS) is 12.3. The molecule has 0 unspecified atom stereocenters. The molecule has 27 heavy (non-hydrogen) atoms. The molecule has 0 bridgehead atoms. The van der Waals surface area contributed by atoms with E-state index in [0.717, 1.165) is 11.0 Å². The summed E-state index contributed by atoms with van der Waals surface area (Å²) in [7, 11) is 0. The van der Waals surface area contributed by atoms with Gasteiger partial charge in [0.05, 0.1) is 12.1 Å². The molecule has 1 atom stereocenters. The van der Waals surface area contributed by atoms with E-state index in [9.17, 15) is 9.59 Å². The van der Waals surface area contributed by atoms with E-state index in [4.69, 9.17) is 0 Å². The fraction of sp³-hybridized carbons (Fsp3) is 0.250. The van der Waals surface area contributed by atoms with Crippen molar-refractivity contribution in [2.24, 2.45) is 0 Å². The molecule has 0 aliphatic carbocycles. The van der Waals surface area contributed by atoms with Crippen molar-refractivity contribution < 1.29 is 4.79 Å². The van der Waals surface area contributed by atoms with Gasteiger partial charge in [-0.25, -0.2) is 9.48 Å². The Balaban J connectivity index is 1.39. The number of aromatic nitrogens is 7. The van der Waals surface area contributed by atoms with Crippen LogP contribution in [-0.4, -0.2) is 47.2 Å². The Bertz CT molecular complexity index is 1130. The van der Waals surface area contributed by atoms with Gasteiger partial charge in [-0.2, -0.15) is 9.36 Å². The molecule has 0 saturated carbocycles. The Morgan fingerprint density at radius 2 is 2.04 bits per heavy atom. The Morgan fingerprint density at radius 3 is 2.85 bits per heavy atom.